The predicted octanol–water partition coefficient (Wildman–Crippen LogP) is 3.86. The van der Waals surface area contributed by atoms with E-state index in [4.69, 9.17) is 0 Å². The van der Waals surface area contributed by atoms with Crippen LogP contribution in [0.3, 0.4) is 0 Å². The third-order valence-electron chi connectivity index (χ3n) is 3.93. The van der Waals surface area contributed by atoms with Crippen LogP contribution in [0.5, 0.6) is 0 Å². The van der Waals surface area contributed by atoms with Crippen molar-refractivity contribution in [3.63, 3.8) is 0 Å². The van der Waals surface area contributed by atoms with Crippen LogP contribution in [0.15, 0.2) is 17.5 Å². The SMILES string of the molecule is CN(C(=O)CCc1cccs1)C1CCCCCC1. The molecule has 18 heavy (non-hydrogen) atoms. The standard InChI is InChI=1S/C15H23NOS/c1-16(13-7-4-2-3-5-8-13)15(17)11-10-14-9-6-12-18-14/h6,9,12-13H,2-5,7-8,10-11H2,1H3. The molecule has 1 saturated carbocycles. The van der Waals surface area contributed by atoms with Gasteiger partial charge < -0.3 is 4.90 Å². The molecule has 1 aromatic rings. The Morgan fingerprint density at radius 1 is 1.33 bits per heavy atom. The number of amides is 1. The maximum atomic E-state index is 12.2. The highest BCUT2D eigenvalue weighted by molar-refractivity contribution is 7.09. The molecule has 1 fully saturated rings. The summed E-state index contributed by atoms with van der Waals surface area (Å²) < 4.78 is 0. The first-order valence-electron chi connectivity index (χ1n) is 7.05. The number of hydrogen-bond acceptors (Lipinski definition) is 2. The Kier molecular flexibility index (Phi) is 5.24. The molecular formula is C15H23NOS. The van der Waals surface area contributed by atoms with E-state index in [2.05, 4.69) is 17.5 Å². The number of hydrogen-bond donors (Lipinski definition) is 0. The molecule has 0 N–H and O–H groups in total. The van der Waals surface area contributed by atoms with Gasteiger partial charge in [0.1, 0.15) is 0 Å². The molecule has 1 aromatic heterocycles. The lowest BCUT2D eigenvalue weighted by atomic mass is 10.1. The second-order valence-electron chi connectivity index (χ2n) is 5.23. The van der Waals surface area contributed by atoms with Gasteiger partial charge >= 0.3 is 0 Å². The first kappa shape index (κ1) is 13.6. The lowest BCUT2D eigenvalue weighted by Gasteiger charge is -2.27. The third-order valence-corrected chi connectivity index (χ3v) is 4.87. The van der Waals surface area contributed by atoms with E-state index in [1.165, 1.54) is 43.4 Å². The van der Waals surface area contributed by atoms with Crippen molar-refractivity contribution in [2.45, 2.75) is 57.4 Å². The summed E-state index contributed by atoms with van der Waals surface area (Å²) in [5, 5.41) is 2.08. The lowest BCUT2D eigenvalue weighted by molar-refractivity contribution is -0.132. The van der Waals surface area contributed by atoms with Crippen LogP contribution in [0.25, 0.3) is 0 Å². The molecule has 0 spiro atoms. The van der Waals surface area contributed by atoms with Gasteiger partial charge in [-0.1, -0.05) is 31.7 Å². The molecule has 0 atom stereocenters. The zero-order valence-electron chi connectivity index (χ0n) is 11.2. The maximum absolute atomic E-state index is 12.2. The number of carbonyl (C=O) groups is 1. The summed E-state index contributed by atoms with van der Waals surface area (Å²) in [4.78, 5) is 15.5. The molecule has 2 rings (SSSR count). The molecule has 1 aliphatic carbocycles. The van der Waals surface area contributed by atoms with Gasteiger partial charge in [-0.15, -0.1) is 11.3 Å². The summed E-state index contributed by atoms with van der Waals surface area (Å²) in [6.45, 7) is 0. The normalized spacial score (nSPS) is 17.4. The molecule has 1 aliphatic rings. The molecule has 0 radical (unpaired) electrons. The fourth-order valence-electron chi connectivity index (χ4n) is 2.71. The molecule has 2 nitrogen and oxygen atoms in total. The Labute approximate surface area is 114 Å². The monoisotopic (exact) mass is 265 g/mol. The van der Waals surface area contributed by atoms with Gasteiger partial charge in [0.05, 0.1) is 0 Å². The number of aryl methyl sites for hydroxylation is 1. The number of thiophene rings is 1. The van der Waals surface area contributed by atoms with Crippen molar-refractivity contribution >= 4 is 17.2 Å². The van der Waals surface area contributed by atoms with Gasteiger partial charge in [-0.05, 0) is 30.7 Å². The van der Waals surface area contributed by atoms with E-state index >= 15 is 0 Å². The van der Waals surface area contributed by atoms with Gasteiger partial charge in [0.15, 0.2) is 0 Å². The fraction of sp³-hybridized carbons (Fsp3) is 0.667. The van der Waals surface area contributed by atoms with Gasteiger partial charge in [0, 0.05) is 24.4 Å². The van der Waals surface area contributed by atoms with E-state index in [-0.39, 0.29) is 0 Å². The van der Waals surface area contributed by atoms with Crippen LogP contribution in [-0.4, -0.2) is 23.9 Å². The molecule has 100 valence electrons. The first-order valence-corrected chi connectivity index (χ1v) is 7.93. The van der Waals surface area contributed by atoms with Crippen molar-refractivity contribution in [3.8, 4) is 0 Å². The smallest absolute Gasteiger partial charge is 0.222 e. The number of rotatable bonds is 4. The fourth-order valence-corrected chi connectivity index (χ4v) is 3.42. The Morgan fingerprint density at radius 3 is 2.67 bits per heavy atom. The van der Waals surface area contributed by atoms with E-state index in [9.17, 15) is 4.79 Å². The van der Waals surface area contributed by atoms with Gasteiger partial charge in [0.2, 0.25) is 5.91 Å². The Hall–Kier alpha value is -0.830. The van der Waals surface area contributed by atoms with Crippen molar-refractivity contribution < 1.29 is 4.79 Å². The third kappa shape index (κ3) is 3.84. The van der Waals surface area contributed by atoms with E-state index in [1.54, 1.807) is 11.3 Å². The van der Waals surface area contributed by atoms with Crippen LogP contribution < -0.4 is 0 Å². The van der Waals surface area contributed by atoms with Crippen molar-refractivity contribution in [3.05, 3.63) is 22.4 Å². The average Bonchev–Trinajstić information content (AvgIpc) is 2.75. The summed E-state index contributed by atoms with van der Waals surface area (Å²) >= 11 is 1.74. The zero-order valence-corrected chi connectivity index (χ0v) is 12.0. The van der Waals surface area contributed by atoms with Crippen molar-refractivity contribution in [1.82, 2.24) is 4.90 Å². The molecule has 1 amide bonds. The number of nitrogens with zero attached hydrogens (tertiary/aromatic N) is 1. The quantitative estimate of drug-likeness (QED) is 0.757. The van der Waals surface area contributed by atoms with Gasteiger partial charge in [-0.2, -0.15) is 0 Å². The molecule has 1 heterocycles. The minimum atomic E-state index is 0.315. The molecule has 3 heteroatoms. The first-order chi connectivity index (χ1) is 8.77. The number of carbonyl (C=O) groups excluding carboxylic acids is 1. The molecule has 0 aromatic carbocycles. The van der Waals surface area contributed by atoms with Crippen LogP contribution >= 0.6 is 11.3 Å². The average molecular weight is 265 g/mol. The van der Waals surface area contributed by atoms with Crippen LogP contribution in [0, 0.1) is 0 Å². The molecule has 0 aliphatic heterocycles. The maximum Gasteiger partial charge on any atom is 0.222 e. The zero-order chi connectivity index (χ0) is 12.8. The van der Waals surface area contributed by atoms with E-state index < -0.39 is 0 Å². The van der Waals surface area contributed by atoms with Crippen LogP contribution in [0.4, 0.5) is 0 Å². The molecule has 0 saturated heterocycles. The van der Waals surface area contributed by atoms with Crippen molar-refractivity contribution in [2.75, 3.05) is 7.05 Å². The van der Waals surface area contributed by atoms with Crippen LogP contribution in [0.1, 0.15) is 49.8 Å². The summed E-state index contributed by atoms with van der Waals surface area (Å²) in [6, 6.07) is 4.66. The van der Waals surface area contributed by atoms with E-state index in [0.717, 1.165) is 6.42 Å². The molecular weight excluding hydrogens is 242 g/mol. The molecule has 0 unspecified atom stereocenters. The minimum Gasteiger partial charge on any atom is -0.343 e. The predicted molar refractivity (Wildman–Crippen MR) is 76.9 cm³/mol. The highest BCUT2D eigenvalue weighted by Crippen LogP contribution is 2.22. The summed E-state index contributed by atoms with van der Waals surface area (Å²) in [6.07, 6.45) is 9.20. The van der Waals surface area contributed by atoms with Crippen molar-refractivity contribution in [1.29, 1.82) is 0 Å². The summed E-state index contributed by atoms with van der Waals surface area (Å²) in [7, 11) is 1.99. The van der Waals surface area contributed by atoms with E-state index in [1.807, 2.05) is 11.9 Å². The second-order valence-corrected chi connectivity index (χ2v) is 6.26. The Bertz CT molecular complexity index is 353. The lowest BCUT2D eigenvalue weighted by Crippen LogP contribution is -2.36. The van der Waals surface area contributed by atoms with Gasteiger partial charge in [0.25, 0.3) is 0 Å². The van der Waals surface area contributed by atoms with E-state index in [0.29, 0.717) is 18.4 Å². The Morgan fingerprint density at radius 2 is 2.06 bits per heavy atom. The van der Waals surface area contributed by atoms with Crippen LogP contribution in [-0.2, 0) is 11.2 Å². The highest BCUT2D eigenvalue weighted by Gasteiger charge is 2.20. The largest absolute Gasteiger partial charge is 0.343 e. The summed E-state index contributed by atoms with van der Waals surface area (Å²) in [5.74, 6) is 0.315. The topological polar surface area (TPSA) is 20.3 Å². The van der Waals surface area contributed by atoms with Gasteiger partial charge in [-0.3, -0.25) is 4.79 Å². The minimum absolute atomic E-state index is 0.315. The highest BCUT2D eigenvalue weighted by atomic mass is 32.1. The Balaban J connectivity index is 1.79. The molecule has 0 bridgehead atoms. The van der Waals surface area contributed by atoms with Crippen LogP contribution in [0.2, 0.25) is 0 Å². The second kappa shape index (κ2) is 6.93. The van der Waals surface area contributed by atoms with Gasteiger partial charge in [-0.25, -0.2) is 0 Å². The summed E-state index contributed by atoms with van der Waals surface area (Å²) in [5.41, 5.74) is 0. The van der Waals surface area contributed by atoms with Crippen molar-refractivity contribution in [2.24, 2.45) is 0 Å².